The van der Waals surface area contributed by atoms with E-state index < -0.39 is 0 Å². The van der Waals surface area contributed by atoms with Gasteiger partial charge < -0.3 is 5.73 Å². The predicted octanol–water partition coefficient (Wildman–Crippen LogP) is 3.15. The lowest BCUT2D eigenvalue weighted by Crippen LogP contribution is -2.38. The van der Waals surface area contributed by atoms with Gasteiger partial charge in [-0.2, -0.15) is 0 Å². The first-order valence-electron chi connectivity index (χ1n) is 7.79. The molecule has 0 heterocycles. The fraction of sp³-hybridized carbons (Fsp3) is 0.556. The molecule has 0 aliphatic heterocycles. The normalized spacial score (nSPS) is 22.0. The summed E-state index contributed by atoms with van der Waals surface area (Å²) in [6, 6.07) is 5.84. The van der Waals surface area contributed by atoms with Crippen LogP contribution in [-0.2, 0) is 6.54 Å². The van der Waals surface area contributed by atoms with Crippen LogP contribution < -0.4 is 5.73 Å². The van der Waals surface area contributed by atoms with Gasteiger partial charge in [-0.15, -0.1) is 0 Å². The molecule has 2 unspecified atom stereocenters. The second-order valence-electron chi connectivity index (χ2n) is 6.06. The van der Waals surface area contributed by atoms with Gasteiger partial charge in [0, 0.05) is 12.6 Å². The van der Waals surface area contributed by atoms with Crippen molar-refractivity contribution in [2.45, 2.75) is 45.2 Å². The molecule has 1 aromatic rings. The molecular weight excluding hydrogens is 263 g/mol. The Morgan fingerprint density at radius 2 is 2.10 bits per heavy atom. The number of hydrogen-bond acceptors (Lipinski definition) is 2. The summed E-state index contributed by atoms with van der Waals surface area (Å²) < 4.78 is 13.7. The molecule has 2 N–H and O–H groups in total. The first kappa shape index (κ1) is 16.0. The molecule has 114 valence electrons. The molecule has 2 rings (SSSR count). The molecule has 0 amide bonds. The number of nitrogens with zero attached hydrogens (tertiary/aromatic N) is 1. The first-order chi connectivity index (χ1) is 10.1. The Labute approximate surface area is 127 Å². The Morgan fingerprint density at radius 3 is 2.81 bits per heavy atom. The molecule has 0 saturated heterocycles. The Balaban J connectivity index is 2.08. The Bertz CT molecular complexity index is 530. The monoisotopic (exact) mass is 288 g/mol. The minimum Gasteiger partial charge on any atom is -0.320 e. The van der Waals surface area contributed by atoms with E-state index in [0.29, 0.717) is 11.6 Å². The molecule has 1 aromatic carbocycles. The zero-order chi connectivity index (χ0) is 15.2. The highest BCUT2D eigenvalue weighted by Crippen LogP contribution is 2.28. The van der Waals surface area contributed by atoms with Gasteiger partial charge in [0.05, 0.1) is 12.1 Å². The highest BCUT2D eigenvalue weighted by atomic mass is 19.1. The quantitative estimate of drug-likeness (QED) is 0.866. The van der Waals surface area contributed by atoms with Gasteiger partial charge in [-0.3, -0.25) is 4.90 Å². The summed E-state index contributed by atoms with van der Waals surface area (Å²) in [5.74, 6) is 5.99. The molecule has 1 aliphatic carbocycles. The maximum absolute atomic E-state index is 13.7. The van der Waals surface area contributed by atoms with E-state index in [1.165, 1.54) is 31.7 Å². The smallest absolute Gasteiger partial charge is 0.138 e. The molecule has 21 heavy (non-hydrogen) atoms. The van der Waals surface area contributed by atoms with E-state index in [0.717, 1.165) is 18.0 Å². The number of nitrogens with two attached hydrogens (primary N) is 1. The van der Waals surface area contributed by atoms with E-state index in [1.807, 2.05) is 12.1 Å². The predicted molar refractivity (Wildman–Crippen MR) is 85.2 cm³/mol. The van der Waals surface area contributed by atoms with E-state index in [1.54, 1.807) is 0 Å². The summed E-state index contributed by atoms with van der Waals surface area (Å²) >= 11 is 0. The third-order valence-corrected chi connectivity index (χ3v) is 4.42. The Morgan fingerprint density at radius 1 is 1.33 bits per heavy atom. The summed E-state index contributed by atoms with van der Waals surface area (Å²) in [6.45, 7) is 3.43. The first-order valence-corrected chi connectivity index (χ1v) is 7.79. The van der Waals surface area contributed by atoms with Gasteiger partial charge >= 0.3 is 0 Å². The Hall–Kier alpha value is -1.37. The topological polar surface area (TPSA) is 29.3 Å². The SMILES string of the molecule is CC1CCCCC1N(C)Cc1ccc(F)c(C#CCN)c1. The van der Waals surface area contributed by atoms with E-state index in [9.17, 15) is 4.39 Å². The fourth-order valence-electron chi connectivity index (χ4n) is 3.27. The van der Waals surface area contributed by atoms with Crippen molar-refractivity contribution in [1.82, 2.24) is 4.90 Å². The zero-order valence-corrected chi connectivity index (χ0v) is 13.0. The highest BCUT2D eigenvalue weighted by Gasteiger charge is 2.24. The van der Waals surface area contributed by atoms with Crippen LogP contribution in [0.15, 0.2) is 18.2 Å². The summed E-state index contributed by atoms with van der Waals surface area (Å²) in [5, 5.41) is 0. The van der Waals surface area contributed by atoms with Crippen molar-refractivity contribution in [3.05, 3.63) is 35.1 Å². The third kappa shape index (κ3) is 4.30. The van der Waals surface area contributed by atoms with Crippen LogP contribution in [0.3, 0.4) is 0 Å². The van der Waals surface area contributed by atoms with Crippen molar-refractivity contribution >= 4 is 0 Å². The molecule has 3 heteroatoms. The van der Waals surface area contributed by atoms with Crippen LogP contribution in [0.5, 0.6) is 0 Å². The highest BCUT2D eigenvalue weighted by molar-refractivity contribution is 5.38. The van der Waals surface area contributed by atoms with Gasteiger partial charge in [-0.05, 0) is 43.5 Å². The lowest BCUT2D eigenvalue weighted by Gasteiger charge is -2.36. The molecule has 0 spiro atoms. The lowest BCUT2D eigenvalue weighted by atomic mass is 9.85. The van der Waals surface area contributed by atoms with Crippen LogP contribution in [0, 0.1) is 23.6 Å². The maximum Gasteiger partial charge on any atom is 0.138 e. The molecule has 0 aromatic heterocycles. The van der Waals surface area contributed by atoms with Crippen LogP contribution in [0.25, 0.3) is 0 Å². The van der Waals surface area contributed by atoms with Gasteiger partial charge in [0.1, 0.15) is 5.82 Å². The number of rotatable bonds is 3. The third-order valence-electron chi connectivity index (χ3n) is 4.42. The standard InChI is InChI=1S/C18H25FN2/c1-14-6-3-4-8-18(14)21(2)13-15-9-10-17(19)16(12-15)7-5-11-20/h9-10,12,14,18H,3-4,6,8,11,13,20H2,1-2H3. The molecule has 2 atom stereocenters. The van der Waals surface area contributed by atoms with Crippen LogP contribution in [0.1, 0.15) is 43.7 Å². The van der Waals surface area contributed by atoms with E-state index in [-0.39, 0.29) is 12.4 Å². The average Bonchev–Trinajstić information content (AvgIpc) is 2.48. The van der Waals surface area contributed by atoms with Gasteiger partial charge in [-0.25, -0.2) is 4.39 Å². The van der Waals surface area contributed by atoms with Crippen LogP contribution in [0.2, 0.25) is 0 Å². The van der Waals surface area contributed by atoms with Gasteiger partial charge in [0.25, 0.3) is 0 Å². The van der Waals surface area contributed by atoms with Crippen molar-refractivity contribution < 1.29 is 4.39 Å². The minimum atomic E-state index is -0.270. The molecule has 1 fully saturated rings. The van der Waals surface area contributed by atoms with E-state index in [4.69, 9.17) is 5.73 Å². The van der Waals surface area contributed by atoms with Crippen molar-refractivity contribution in [1.29, 1.82) is 0 Å². The average molecular weight is 288 g/mol. The fourth-order valence-corrected chi connectivity index (χ4v) is 3.27. The minimum absolute atomic E-state index is 0.253. The van der Waals surface area contributed by atoms with Crippen LogP contribution in [-0.4, -0.2) is 24.5 Å². The second kappa shape index (κ2) is 7.59. The van der Waals surface area contributed by atoms with Crippen molar-refractivity contribution in [3.8, 4) is 11.8 Å². The lowest BCUT2D eigenvalue weighted by molar-refractivity contribution is 0.133. The van der Waals surface area contributed by atoms with Crippen LogP contribution >= 0.6 is 0 Å². The van der Waals surface area contributed by atoms with Crippen molar-refractivity contribution in [2.75, 3.05) is 13.6 Å². The van der Waals surface area contributed by atoms with Gasteiger partial charge in [-0.1, -0.05) is 37.7 Å². The summed E-state index contributed by atoms with van der Waals surface area (Å²) in [5.41, 5.74) is 6.91. The zero-order valence-electron chi connectivity index (χ0n) is 13.0. The van der Waals surface area contributed by atoms with E-state index >= 15 is 0 Å². The van der Waals surface area contributed by atoms with Gasteiger partial charge in [0.2, 0.25) is 0 Å². The van der Waals surface area contributed by atoms with E-state index in [2.05, 4.69) is 30.7 Å². The largest absolute Gasteiger partial charge is 0.320 e. The van der Waals surface area contributed by atoms with Gasteiger partial charge in [0.15, 0.2) is 0 Å². The summed E-state index contributed by atoms with van der Waals surface area (Å²) in [4.78, 5) is 2.40. The maximum atomic E-state index is 13.7. The van der Waals surface area contributed by atoms with Crippen molar-refractivity contribution in [3.63, 3.8) is 0 Å². The van der Waals surface area contributed by atoms with Crippen LogP contribution in [0.4, 0.5) is 4.39 Å². The molecule has 0 radical (unpaired) electrons. The number of halogens is 1. The summed E-state index contributed by atoms with van der Waals surface area (Å²) in [7, 11) is 2.17. The Kier molecular flexibility index (Phi) is 5.78. The molecular formula is C18H25FN2. The van der Waals surface area contributed by atoms with Crippen molar-refractivity contribution in [2.24, 2.45) is 11.7 Å². The molecule has 2 nitrogen and oxygen atoms in total. The summed E-state index contributed by atoms with van der Waals surface area (Å²) in [6.07, 6.45) is 5.24. The number of benzene rings is 1. The molecule has 1 aliphatic rings. The molecule has 0 bridgehead atoms. The number of hydrogen-bond donors (Lipinski definition) is 1. The molecule has 1 saturated carbocycles. The second-order valence-corrected chi connectivity index (χ2v) is 6.06.